The van der Waals surface area contributed by atoms with Crippen LogP contribution < -0.4 is 5.32 Å². The number of esters is 1. The zero-order chi connectivity index (χ0) is 23.3. The predicted molar refractivity (Wildman–Crippen MR) is 113 cm³/mol. The Morgan fingerprint density at radius 1 is 1.09 bits per heavy atom. The van der Waals surface area contributed by atoms with Gasteiger partial charge in [-0.1, -0.05) is 0 Å². The summed E-state index contributed by atoms with van der Waals surface area (Å²) in [5.41, 5.74) is 1.64. The van der Waals surface area contributed by atoms with Gasteiger partial charge in [-0.25, -0.2) is 4.79 Å². The molecule has 0 unspecified atom stereocenters. The van der Waals surface area contributed by atoms with E-state index in [1.165, 1.54) is 36.3 Å². The Morgan fingerprint density at radius 2 is 1.66 bits per heavy atom. The normalized spacial score (nSPS) is 14.3. The van der Waals surface area contributed by atoms with Crippen molar-refractivity contribution >= 4 is 39.1 Å². The lowest BCUT2D eigenvalue weighted by Gasteiger charge is -2.15. The number of nitrogens with zero attached hydrogens (tertiary/aromatic N) is 3. The summed E-state index contributed by atoms with van der Waals surface area (Å²) in [6.07, 6.45) is 0. The molecule has 0 spiro atoms. The van der Waals surface area contributed by atoms with Crippen molar-refractivity contribution in [2.75, 3.05) is 32.1 Å². The quantitative estimate of drug-likeness (QED) is 0.307. The van der Waals surface area contributed by atoms with Gasteiger partial charge in [-0.3, -0.25) is 9.35 Å². The minimum Gasteiger partial charge on any atom is -0.466 e. The Hall–Kier alpha value is -3.61. The van der Waals surface area contributed by atoms with Crippen LogP contribution in [0.1, 0.15) is 0 Å². The molecule has 0 radical (unpaired) electrons. The molecule has 0 atom stereocenters. The van der Waals surface area contributed by atoms with E-state index in [4.69, 9.17) is 14.4 Å². The molecule has 2 aromatic rings. The van der Waals surface area contributed by atoms with Crippen LogP contribution in [0.5, 0.6) is 0 Å². The van der Waals surface area contributed by atoms with Crippen LogP contribution in [-0.4, -0.2) is 61.7 Å². The zero-order valence-electron chi connectivity index (χ0n) is 16.9. The summed E-state index contributed by atoms with van der Waals surface area (Å²) >= 11 is 0. The van der Waals surface area contributed by atoms with Crippen molar-refractivity contribution in [3.8, 4) is 0 Å². The van der Waals surface area contributed by atoms with Crippen molar-refractivity contribution in [2.24, 2.45) is 10.2 Å². The summed E-state index contributed by atoms with van der Waals surface area (Å²) in [7, 11) is -3.05. The van der Waals surface area contributed by atoms with Gasteiger partial charge in [-0.2, -0.15) is 18.6 Å². The molecule has 0 bridgehead atoms. The molecule has 3 N–H and O–H groups in total. The van der Waals surface area contributed by atoms with E-state index in [-0.39, 0.29) is 35.9 Å². The van der Waals surface area contributed by atoms with Crippen molar-refractivity contribution in [1.82, 2.24) is 4.90 Å². The number of methoxy groups -OCH3 is 1. The van der Waals surface area contributed by atoms with Gasteiger partial charge in [0.15, 0.2) is 0 Å². The Bertz CT molecular complexity index is 1170. The number of aliphatic hydroxyl groups excluding tert-OH is 1. The van der Waals surface area contributed by atoms with Gasteiger partial charge in [0.25, 0.3) is 16.0 Å². The number of ether oxygens (including phenoxy) is 1. The molecule has 1 amide bonds. The Balaban J connectivity index is 1.73. The fourth-order valence-corrected chi connectivity index (χ4v) is 3.38. The second-order valence-electron chi connectivity index (χ2n) is 6.64. The van der Waals surface area contributed by atoms with E-state index in [0.29, 0.717) is 17.1 Å². The first kappa shape index (κ1) is 23.1. The molecule has 2 aromatic carbocycles. The molecule has 12 heteroatoms. The largest absolute Gasteiger partial charge is 0.466 e. The number of nitrogens with one attached hydrogen (secondary N) is 1. The third kappa shape index (κ3) is 5.35. The van der Waals surface area contributed by atoms with Gasteiger partial charge in [0.1, 0.15) is 5.70 Å². The summed E-state index contributed by atoms with van der Waals surface area (Å²) in [4.78, 5) is 25.7. The molecule has 168 valence electrons. The molecule has 3 rings (SSSR count). The summed E-state index contributed by atoms with van der Waals surface area (Å²) in [6.45, 7) is -0.0994. The van der Waals surface area contributed by atoms with E-state index >= 15 is 0 Å². The lowest BCUT2D eigenvalue weighted by Crippen LogP contribution is -2.31. The van der Waals surface area contributed by atoms with E-state index in [1.54, 1.807) is 24.3 Å². The van der Waals surface area contributed by atoms with Gasteiger partial charge in [-0.05, 0) is 48.5 Å². The maximum atomic E-state index is 12.5. The minimum absolute atomic E-state index is 0.0388. The van der Waals surface area contributed by atoms with Crippen LogP contribution in [0.4, 0.5) is 17.1 Å². The van der Waals surface area contributed by atoms with E-state index in [1.807, 2.05) is 0 Å². The van der Waals surface area contributed by atoms with Gasteiger partial charge >= 0.3 is 5.97 Å². The summed E-state index contributed by atoms with van der Waals surface area (Å²) in [5.74, 6) is -1.05. The van der Waals surface area contributed by atoms with E-state index < -0.39 is 22.0 Å². The highest BCUT2D eigenvalue weighted by molar-refractivity contribution is 7.85. The molecule has 0 saturated heterocycles. The first-order valence-corrected chi connectivity index (χ1v) is 10.7. The number of carbonyl (C=O) groups excluding carboxylic acids is 2. The van der Waals surface area contributed by atoms with Crippen LogP contribution in [0.2, 0.25) is 0 Å². The fourth-order valence-electron chi connectivity index (χ4n) is 2.90. The molecule has 0 fully saturated rings. The van der Waals surface area contributed by atoms with Crippen LogP contribution in [0.25, 0.3) is 0 Å². The number of benzene rings is 2. The van der Waals surface area contributed by atoms with E-state index in [9.17, 15) is 18.0 Å². The van der Waals surface area contributed by atoms with Crippen LogP contribution in [0.15, 0.2) is 74.9 Å². The summed E-state index contributed by atoms with van der Waals surface area (Å²) in [5, 5.41) is 20.1. The number of β-amino-alcohol motifs (C(OH)–C–C–N with tert-alkyl or cyclic N) is 1. The first-order valence-electron chi connectivity index (χ1n) is 9.31. The number of amides is 1. The highest BCUT2D eigenvalue weighted by Gasteiger charge is 2.34. The standard InChI is InChI=1S/C20H20N4O7S/c1-31-20(27)17-12-24(10-11-25)19(26)18(17)21-13-2-4-14(5-3-13)22-23-15-6-8-16(9-7-15)32(28,29)30/h2-9,21,25H,10-12H2,1H3,(H,28,29,30). The lowest BCUT2D eigenvalue weighted by atomic mass is 10.2. The second-order valence-corrected chi connectivity index (χ2v) is 8.06. The predicted octanol–water partition coefficient (Wildman–Crippen LogP) is 2.02. The third-order valence-corrected chi connectivity index (χ3v) is 5.37. The summed E-state index contributed by atoms with van der Waals surface area (Å²) in [6, 6.07) is 11.7. The average molecular weight is 460 g/mol. The first-order chi connectivity index (χ1) is 15.2. The highest BCUT2D eigenvalue weighted by atomic mass is 32.2. The van der Waals surface area contributed by atoms with Crippen LogP contribution in [0.3, 0.4) is 0 Å². The number of azo groups is 1. The van der Waals surface area contributed by atoms with Crippen LogP contribution in [0, 0.1) is 0 Å². The zero-order valence-corrected chi connectivity index (χ0v) is 17.7. The number of hydrogen-bond donors (Lipinski definition) is 3. The minimum atomic E-state index is -4.27. The average Bonchev–Trinajstić information content (AvgIpc) is 3.08. The fraction of sp³-hybridized carbons (Fsp3) is 0.200. The Kier molecular flexibility index (Phi) is 6.98. The molecule has 0 aromatic heterocycles. The second kappa shape index (κ2) is 9.68. The van der Waals surface area contributed by atoms with Gasteiger partial charge < -0.3 is 20.1 Å². The molecule has 1 heterocycles. The summed E-state index contributed by atoms with van der Waals surface area (Å²) < 4.78 is 35.8. The molecule has 1 aliphatic rings. The molecule has 0 aliphatic carbocycles. The smallest absolute Gasteiger partial charge is 0.337 e. The number of rotatable bonds is 8. The van der Waals surface area contributed by atoms with Crippen molar-refractivity contribution in [2.45, 2.75) is 4.90 Å². The van der Waals surface area contributed by atoms with Crippen LogP contribution >= 0.6 is 0 Å². The van der Waals surface area contributed by atoms with Crippen molar-refractivity contribution < 1.29 is 32.4 Å². The molecule has 1 aliphatic heterocycles. The number of hydrogen-bond acceptors (Lipinski definition) is 9. The van der Waals surface area contributed by atoms with E-state index in [2.05, 4.69) is 15.5 Å². The van der Waals surface area contributed by atoms with Gasteiger partial charge in [0.2, 0.25) is 0 Å². The molecular weight excluding hydrogens is 440 g/mol. The van der Waals surface area contributed by atoms with Crippen molar-refractivity contribution in [3.63, 3.8) is 0 Å². The number of carbonyl (C=O) groups is 2. The third-order valence-electron chi connectivity index (χ3n) is 4.51. The molecule has 32 heavy (non-hydrogen) atoms. The topological polar surface area (TPSA) is 158 Å². The maximum absolute atomic E-state index is 12.5. The number of anilines is 1. The Morgan fingerprint density at radius 3 is 2.16 bits per heavy atom. The number of aliphatic hydroxyl groups is 1. The Labute approximate surface area is 183 Å². The lowest BCUT2D eigenvalue weighted by molar-refractivity contribution is -0.136. The molecule has 11 nitrogen and oxygen atoms in total. The van der Waals surface area contributed by atoms with Crippen molar-refractivity contribution in [1.29, 1.82) is 0 Å². The van der Waals surface area contributed by atoms with Gasteiger partial charge in [-0.15, -0.1) is 0 Å². The maximum Gasteiger partial charge on any atom is 0.337 e. The SMILES string of the molecule is COC(=O)C1=C(Nc2ccc(N=Nc3ccc(S(=O)(=O)O)cc3)cc2)C(=O)N(CCO)C1. The van der Waals surface area contributed by atoms with Crippen LogP contribution in [-0.2, 0) is 24.4 Å². The monoisotopic (exact) mass is 460 g/mol. The van der Waals surface area contributed by atoms with Gasteiger partial charge in [0.05, 0.1) is 42.1 Å². The van der Waals surface area contributed by atoms with E-state index in [0.717, 1.165) is 0 Å². The van der Waals surface area contributed by atoms with Crippen molar-refractivity contribution in [3.05, 3.63) is 59.8 Å². The van der Waals surface area contributed by atoms with Gasteiger partial charge in [0, 0.05) is 12.2 Å². The molecule has 0 saturated carbocycles. The highest BCUT2D eigenvalue weighted by Crippen LogP contribution is 2.25. The molecular formula is C20H20N4O7S.